The fourth-order valence-corrected chi connectivity index (χ4v) is 1.82. The van der Waals surface area contributed by atoms with Crippen LogP contribution in [0.15, 0.2) is 4.99 Å². The summed E-state index contributed by atoms with van der Waals surface area (Å²) in [5, 5.41) is 5.58. The van der Waals surface area contributed by atoms with Crippen molar-refractivity contribution in [2.24, 2.45) is 4.99 Å². The molecule has 0 aliphatic carbocycles. The van der Waals surface area contributed by atoms with Crippen molar-refractivity contribution in [3.63, 3.8) is 0 Å². The van der Waals surface area contributed by atoms with Crippen molar-refractivity contribution in [3.05, 3.63) is 0 Å². The summed E-state index contributed by atoms with van der Waals surface area (Å²) in [4.78, 5) is 22.6. The van der Waals surface area contributed by atoms with E-state index in [0.717, 1.165) is 26.2 Å². The van der Waals surface area contributed by atoms with E-state index in [-0.39, 0.29) is 5.90 Å². The second-order valence-corrected chi connectivity index (χ2v) is 4.63. The number of amides is 1. The number of hydroxylamine groups is 1. The van der Waals surface area contributed by atoms with Gasteiger partial charge in [0, 0.05) is 47.2 Å². The first-order valence-electron chi connectivity index (χ1n) is 6.74. The first kappa shape index (κ1) is 16.8. The fraction of sp³-hybridized carbons (Fsp3) is 0.833. The lowest BCUT2D eigenvalue weighted by Gasteiger charge is -2.40. The van der Waals surface area contributed by atoms with Crippen LogP contribution >= 0.6 is 0 Å². The van der Waals surface area contributed by atoms with E-state index in [2.05, 4.69) is 21.9 Å². The summed E-state index contributed by atoms with van der Waals surface area (Å²) in [7, 11) is 5.78. The highest BCUT2D eigenvalue weighted by atomic mass is 16.7. The Morgan fingerprint density at radius 3 is 2.40 bits per heavy atom. The molecule has 0 spiro atoms. The molecule has 20 heavy (non-hydrogen) atoms. The van der Waals surface area contributed by atoms with Crippen molar-refractivity contribution >= 4 is 12.0 Å². The van der Waals surface area contributed by atoms with E-state index in [0.29, 0.717) is 6.61 Å². The summed E-state index contributed by atoms with van der Waals surface area (Å²) < 4.78 is 4.73. The summed E-state index contributed by atoms with van der Waals surface area (Å²) in [6, 6.07) is 0. The van der Waals surface area contributed by atoms with Crippen molar-refractivity contribution in [2.75, 3.05) is 53.9 Å². The Morgan fingerprint density at radius 2 is 1.85 bits per heavy atom. The number of nitrogens with zero attached hydrogens (tertiary/aromatic N) is 5. The Bertz CT molecular complexity index is 342. The van der Waals surface area contributed by atoms with Crippen LogP contribution in [0.4, 0.5) is 4.79 Å². The van der Waals surface area contributed by atoms with Crippen molar-refractivity contribution < 1.29 is 14.4 Å². The van der Waals surface area contributed by atoms with Crippen LogP contribution in [0.25, 0.3) is 0 Å². The maximum atomic E-state index is 11.2. The number of rotatable bonds is 4. The Labute approximate surface area is 120 Å². The van der Waals surface area contributed by atoms with Crippen LogP contribution < -0.4 is 0 Å². The number of carbonyl (C=O) groups excluding carboxylic acids is 1. The van der Waals surface area contributed by atoms with Crippen molar-refractivity contribution in [3.8, 4) is 0 Å². The van der Waals surface area contributed by atoms with Crippen LogP contribution in [0.2, 0.25) is 0 Å². The zero-order valence-electron chi connectivity index (χ0n) is 13.0. The Kier molecular flexibility index (Phi) is 6.86. The average molecular weight is 287 g/mol. The van der Waals surface area contributed by atoms with Crippen molar-refractivity contribution in [2.45, 2.75) is 13.8 Å². The molecule has 1 fully saturated rings. The second-order valence-electron chi connectivity index (χ2n) is 4.63. The summed E-state index contributed by atoms with van der Waals surface area (Å²) in [5.74, 6) is 0.243. The molecule has 0 aromatic carbocycles. The van der Waals surface area contributed by atoms with E-state index in [4.69, 9.17) is 9.57 Å². The van der Waals surface area contributed by atoms with Gasteiger partial charge in [-0.05, 0) is 14.0 Å². The summed E-state index contributed by atoms with van der Waals surface area (Å²) >= 11 is 0. The van der Waals surface area contributed by atoms with Gasteiger partial charge in [0.15, 0.2) is 0 Å². The minimum absolute atomic E-state index is 0.243. The molecule has 8 nitrogen and oxygen atoms in total. The molecule has 0 unspecified atom stereocenters. The van der Waals surface area contributed by atoms with Gasteiger partial charge in [0.1, 0.15) is 0 Å². The number of hydrazine groups is 2. The van der Waals surface area contributed by atoms with Gasteiger partial charge in [-0.3, -0.25) is 0 Å². The first-order valence-corrected chi connectivity index (χ1v) is 6.74. The number of likely N-dealkylation sites (N-methyl/N-ethyl adjacent to an activating group) is 1. The molecule has 0 aromatic rings. The molecule has 0 aromatic heterocycles. The smallest absolute Gasteiger partial charge is 0.436 e. The molecule has 8 heteroatoms. The summed E-state index contributed by atoms with van der Waals surface area (Å²) in [6.45, 7) is 7.51. The standard InChI is InChI=1S/C12H25N5O3/c1-6-19-12(18)13-11(2)20-16(5)15(4)17-9-7-14(3)8-10-17/h6-10H2,1-5H3/b13-11-. The number of ether oxygens (including phenoxy) is 1. The minimum Gasteiger partial charge on any atom is -0.448 e. The van der Waals surface area contributed by atoms with E-state index in [9.17, 15) is 4.79 Å². The molecule has 1 amide bonds. The lowest BCUT2D eigenvalue weighted by atomic mass is 10.4. The molecule has 1 rings (SSSR count). The topological polar surface area (TPSA) is 60.9 Å². The number of hydrogen-bond donors (Lipinski definition) is 0. The maximum absolute atomic E-state index is 11.2. The lowest BCUT2D eigenvalue weighted by Crippen LogP contribution is -2.56. The third-order valence-electron chi connectivity index (χ3n) is 3.08. The van der Waals surface area contributed by atoms with Crippen LogP contribution in [-0.2, 0) is 9.57 Å². The Hall–Kier alpha value is -1.22. The number of carbonyl (C=O) groups is 1. The number of piperazine rings is 1. The van der Waals surface area contributed by atoms with Crippen molar-refractivity contribution in [1.29, 1.82) is 0 Å². The molecule has 0 saturated carbocycles. The van der Waals surface area contributed by atoms with Gasteiger partial charge >= 0.3 is 6.09 Å². The van der Waals surface area contributed by atoms with Crippen LogP contribution in [0, 0.1) is 0 Å². The highest BCUT2D eigenvalue weighted by Crippen LogP contribution is 2.05. The molecular weight excluding hydrogens is 262 g/mol. The van der Waals surface area contributed by atoms with Gasteiger partial charge in [-0.15, -0.1) is 10.1 Å². The van der Waals surface area contributed by atoms with Gasteiger partial charge in [-0.25, -0.2) is 9.80 Å². The maximum Gasteiger partial charge on any atom is 0.436 e. The SMILES string of the molecule is CCOC(=O)/N=C(/C)ON(C)N(C)N1CCN(C)CC1. The predicted octanol–water partition coefficient (Wildman–Crippen LogP) is 0.434. The molecule has 0 bridgehead atoms. The Morgan fingerprint density at radius 1 is 1.25 bits per heavy atom. The number of aliphatic imine (C=N–C) groups is 1. The molecule has 0 radical (unpaired) electrons. The zero-order chi connectivity index (χ0) is 15.1. The van der Waals surface area contributed by atoms with Crippen LogP contribution in [0.5, 0.6) is 0 Å². The van der Waals surface area contributed by atoms with Gasteiger partial charge < -0.3 is 14.5 Å². The lowest BCUT2D eigenvalue weighted by molar-refractivity contribution is -0.291. The van der Waals surface area contributed by atoms with Gasteiger partial charge in [0.2, 0.25) is 5.90 Å². The minimum atomic E-state index is -0.638. The van der Waals surface area contributed by atoms with Gasteiger partial charge in [0.25, 0.3) is 0 Å². The van der Waals surface area contributed by atoms with E-state index in [1.54, 1.807) is 26.1 Å². The zero-order valence-corrected chi connectivity index (χ0v) is 13.0. The fourth-order valence-electron chi connectivity index (χ4n) is 1.82. The third-order valence-corrected chi connectivity index (χ3v) is 3.08. The van der Waals surface area contributed by atoms with E-state index in [1.165, 1.54) is 0 Å². The van der Waals surface area contributed by atoms with Gasteiger partial charge in [0.05, 0.1) is 6.61 Å². The molecule has 1 saturated heterocycles. The molecule has 1 aliphatic heterocycles. The monoisotopic (exact) mass is 287 g/mol. The molecule has 0 atom stereocenters. The molecule has 0 N–H and O–H groups in total. The van der Waals surface area contributed by atoms with Crippen LogP contribution in [-0.4, -0.2) is 86.1 Å². The molecular formula is C12H25N5O3. The van der Waals surface area contributed by atoms with Crippen molar-refractivity contribution in [1.82, 2.24) is 20.2 Å². The van der Waals surface area contributed by atoms with E-state index >= 15 is 0 Å². The normalized spacial score (nSPS) is 18.6. The predicted molar refractivity (Wildman–Crippen MR) is 75.8 cm³/mol. The largest absolute Gasteiger partial charge is 0.448 e. The highest BCUT2D eigenvalue weighted by molar-refractivity contribution is 5.86. The summed E-state index contributed by atoms with van der Waals surface area (Å²) in [5.41, 5.74) is 0. The quantitative estimate of drug-likeness (QED) is 0.422. The van der Waals surface area contributed by atoms with Crippen LogP contribution in [0.3, 0.4) is 0 Å². The second kappa shape index (κ2) is 8.15. The molecule has 116 valence electrons. The Balaban J connectivity index is 2.44. The first-order chi connectivity index (χ1) is 9.43. The third kappa shape index (κ3) is 5.41. The van der Waals surface area contributed by atoms with E-state index in [1.807, 2.05) is 12.2 Å². The summed E-state index contributed by atoms with van der Waals surface area (Å²) in [6.07, 6.45) is -0.638. The van der Waals surface area contributed by atoms with Gasteiger partial charge in [-0.1, -0.05) is 5.17 Å². The van der Waals surface area contributed by atoms with Gasteiger partial charge in [-0.2, -0.15) is 0 Å². The van der Waals surface area contributed by atoms with E-state index < -0.39 is 6.09 Å². The molecule has 1 aliphatic rings. The average Bonchev–Trinajstić information content (AvgIpc) is 2.38. The van der Waals surface area contributed by atoms with Crippen LogP contribution in [0.1, 0.15) is 13.8 Å². The molecule has 1 heterocycles. The number of hydrogen-bond acceptors (Lipinski definition) is 7. The highest BCUT2D eigenvalue weighted by Gasteiger charge is 2.21.